The highest BCUT2D eigenvalue weighted by atomic mass is 35.5. The van der Waals surface area contributed by atoms with Crippen LogP contribution in [0.15, 0.2) is 107 Å². The van der Waals surface area contributed by atoms with Crippen LogP contribution in [0.3, 0.4) is 0 Å². The Labute approximate surface area is 238 Å². The van der Waals surface area contributed by atoms with Gasteiger partial charge in [0.2, 0.25) is 9.84 Å². The van der Waals surface area contributed by atoms with Gasteiger partial charge in [0.15, 0.2) is 0 Å². The number of carbonyl (C=O) groups is 1. The first-order valence-corrected chi connectivity index (χ1v) is 13.8. The average Bonchev–Trinajstić information content (AvgIpc) is 2.92. The number of phenols is 1. The number of sulfone groups is 1. The second-order valence-corrected chi connectivity index (χ2v) is 11.1. The van der Waals surface area contributed by atoms with E-state index in [2.05, 4.69) is 10.6 Å². The molecular formula is C29H28Cl2N2O5S. The molecule has 1 amide bonds. The van der Waals surface area contributed by atoms with Crippen LogP contribution in [-0.4, -0.2) is 37.6 Å². The fraction of sp³-hybridized carbons (Fsp3) is 0.138. The monoisotopic (exact) mass is 586 g/mol. The Morgan fingerprint density at radius 1 is 0.872 bits per heavy atom. The number of carbonyl (C=O) groups excluding carboxylic acids is 1. The Kier molecular flexibility index (Phi) is 10.5. The maximum Gasteiger partial charge on any atom is 0.259 e. The summed E-state index contributed by atoms with van der Waals surface area (Å²) in [6, 6.07) is 25.9. The quantitative estimate of drug-likeness (QED) is 0.184. The van der Waals surface area contributed by atoms with Crippen LogP contribution in [0.25, 0.3) is 0 Å². The van der Waals surface area contributed by atoms with Gasteiger partial charge in [-0.25, -0.2) is 8.42 Å². The zero-order valence-corrected chi connectivity index (χ0v) is 23.1. The highest BCUT2D eigenvalue weighted by Gasteiger charge is 2.21. The molecule has 1 atom stereocenters. The number of amides is 1. The predicted molar refractivity (Wildman–Crippen MR) is 155 cm³/mol. The third kappa shape index (κ3) is 7.81. The van der Waals surface area contributed by atoms with Crippen LogP contribution in [0.1, 0.15) is 27.6 Å². The van der Waals surface area contributed by atoms with E-state index < -0.39 is 21.8 Å². The molecule has 0 aliphatic rings. The van der Waals surface area contributed by atoms with Crippen molar-refractivity contribution in [3.05, 3.63) is 119 Å². The minimum Gasteiger partial charge on any atom is -0.507 e. The van der Waals surface area contributed by atoms with E-state index in [9.17, 15) is 23.4 Å². The number of hydrogen-bond donors (Lipinski definition) is 4. The van der Waals surface area contributed by atoms with Crippen molar-refractivity contribution in [3.63, 3.8) is 0 Å². The summed E-state index contributed by atoms with van der Waals surface area (Å²) in [5.41, 5.74) is 2.03. The Balaban J connectivity index is 0.00000420. The number of aliphatic hydroxyl groups excluding tert-OH is 1. The zero-order chi connectivity index (χ0) is 27.1. The summed E-state index contributed by atoms with van der Waals surface area (Å²) in [7, 11) is -3.92. The van der Waals surface area contributed by atoms with E-state index in [4.69, 9.17) is 11.6 Å². The molecule has 39 heavy (non-hydrogen) atoms. The van der Waals surface area contributed by atoms with Crippen LogP contribution in [0.4, 0.5) is 5.69 Å². The van der Waals surface area contributed by atoms with Gasteiger partial charge < -0.3 is 20.8 Å². The number of phenolic OH excluding ortho intramolecular Hbond substituents is 1. The van der Waals surface area contributed by atoms with E-state index in [1.807, 2.05) is 6.07 Å². The van der Waals surface area contributed by atoms with Crippen LogP contribution in [0.5, 0.6) is 5.75 Å². The molecule has 4 rings (SSSR count). The Hall–Kier alpha value is -3.40. The van der Waals surface area contributed by atoms with Crippen LogP contribution in [0.2, 0.25) is 5.02 Å². The van der Waals surface area contributed by atoms with Crippen molar-refractivity contribution in [2.75, 3.05) is 18.4 Å². The number of rotatable bonds is 10. The molecule has 204 valence electrons. The lowest BCUT2D eigenvalue weighted by molar-refractivity contribution is 0.102. The number of aliphatic hydroxyl groups is 1. The van der Waals surface area contributed by atoms with Crippen molar-refractivity contribution < 1.29 is 23.4 Å². The summed E-state index contributed by atoms with van der Waals surface area (Å²) < 4.78 is 26.4. The van der Waals surface area contributed by atoms with Gasteiger partial charge in [0.05, 0.1) is 21.5 Å². The van der Waals surface area contributed by atoms with E-state index in [1.165, 1.54) is 30.3 Å². The van der Waals surface area contributed by atoms with E-state index in [1.54, 1.807) is 60.7 Å². The summed E-state index contributed by atoms with van der Waals surface area (Å²) in [5.74, 6) is -0.935. The van der Waals surface area contributed by atoms with Crippen LogP contribution < -0.4 is 10.6 Å². The Morgan fingerprint density at radius 2 is 1.56 bits per heavy atom. The maximum absolute atomic E-state index is 13.2. The van der Waals surface area contributed by atoms with Gasteiger partial charge in [-0.1, -0.05) is 54.1 Å². The second kappa shape index (κ2) is 13.6. The van der Waals surface area contributed by atoms with Gasteiger partial charge in [-0.05, 0) is 78.7 Å². The van der Waals surface area contributed by atoms with Gasteiger partial charge in [-0.2, -0.15) is 0 Å². The van der Waals surface area contributed by atoms with E-state index in [-0.39, 0.29) is 33.5 Å². The fourth-order valence-corrected chi connectivity index (χ4v) is 5.34. The van der Waals surface area contributed by atoms with Crippen LogP contribution >= 0.6 is 24.0 Å². The molecule has 0 bridgehead atoms. The molecule has 4 N–H and O–H groups in total. The summed E-state index contributed by atoms with van der Waals surface area (Å²) in [6.45, 7) is 0.940. The first kappa shape index (κ1) is 30.1. The molecule has 0 spiro atoms. The molecule has 10 heteroatoms. The average molecular weight is 588 g/mol. The van der Waals surface area contributed by atoms with Crippen LogP contribution in [0, 0.1) is 0 Å². The molecule has 0 saturated carbocycles. The summed E-state index contributed by atoms with van der Waals surface area (Å²) >= 11 is 5.97. The van der Waals surface area contributed by atoms with E-state index in [0.717, 1.165) is 11.1 Å². The Morgan fingerprint density at radius 3 is 2.26 bits per heavy atom. The maximum atomic E-state index is 13.2. The lowest BCUT2D eigenvalue weighted by Gasteiger charge is -2.13. The number of nitrogens with one attached hydrogen (secondary N) is 2. The smallest absolute Gasteiger partial charge is 0.259 e. The van der Waals surface area contributed by atoms with Crippen molar-refractivity contribution in [2.45, 2.75) is 22.3 Å². The lowest BCUT2D eigenvalue weighted by atomic mass is 10.1. The number of para-hydroxylation sites is 1. The number of halogens is 2. The summed E-state index contributed by atoms with van der Waals surface area (Å²) in [5, 5.41) is 26.9. The molecular weight excluding hydrogens is 559 g/mol. The van der Waals surface area contributed by atoms with Gasteiger partial charge in [-0.15, -0.1) is 12.4 Å². The van der Waals surface area contributed by atoms with E-state index >= 15 is 0 Å². The zero-order valence-electron chi connectivity index (χ0n) is 20.7. The number of aromatic hydroxyl groups is 1. The summed E-state index contributed by atoms with van der Waals surface area (Å²) in [4.78, 5) is 12.6. The molecule has 4 aromatic rings. The summed E-state index contributed by atoms with van der Waals surface area (Å²) in [6.07, 6.45) is -0.0581. The van der Waals surface area contributed by atoms with E-state index in [0.29, 0.717) is 30.2 Å². The van der Waals surface area contributed by atoms with Gasteiger partial charge in [0, 0.05) is 17.3 Å². The minimum atomic E-state index is -3.92. The normalized spacial score (nSPS) is 11.8. The number of benzene rings is 4. The highest BCUT2D eigenvalue weighted by molar-refractivity contribution is 7.91. The highest BCUT2D eigenvalue weighted by Crippen LogP contribution is 2.27. The molecule has 0 aromatic heterocycles. The molecule has 4 aromatic carbocycles. The molecule has 7 nitrogen and oxygen atoms in total. The topological polar surface area (TPSA) is 116 Å². The standard InChI is InChI=1S/C29H27ClN2O5S.ClH/c30-22-6-4-5-21(17-22)28(34)19-31-16-15-20-9-11-24(12-10-20)38(36,37)25-13-14-27(33)26(18-25)29(35)32-23-7-2-1-3-8-23;/h1-14,17-18,28,31,33-34H,15-16,19H2,(H,32,35);1H/t28-;/m0./s1. The lowest BCUT2D eigenvalue weighted by Crippen LogP contribution is -2.23. The Bertz CT molecular complexity index is 1510. The first-order valence-electron chi connectivity index (χ1n) is 11.9. The SMILES string of the molecule is Cl.O=C(Nc1ccccc1)c1cc(S(=O)(=O)c2ccc(CCNC[C@H](O)c3cccc(Cl)c3)cc2)ccc1O. The molecule has 0 fully saturated rings. The molecule has 0 aliphatic carbocycles. The molecule has 0 heterocycles. The third-order valence-electron chi connectivity index (χ3n) is 5.95. The molecule has 0 unspecified atom stereocenters. The van der Waals surface area contributed by atoms with Gasteiger partial charge in [0.1, 0.15) is 5.75 Å². The number of anilines is 1. The minimum absolute atomic E-state index is 0. The third-order valence-corrected chi connectivity index (χ3v) is 7.95. The predicted octanol–water partition coefficient (Wildman–Crippen LogP) is 5.42. The number of hydrogen-bond acceptors (Lipinski definition) is 6. The van der Waals surface area contributed by atoms with Gasteiger partial charge >= 0.3 is 0 Å². The molecule has 0 radical (unpaired) electrons. The van der Waals surface area contributed by atoms with Crippen LogP contribution in [-0.2, 0) is 16.3 Å². The van der Waals surface area contributed by atoms with Gasteiger partial charge in [0.25, 0.3) is 5.91 Å². The van der Waals surface area contributed by atoms with Crippen molar-refractivity contribution in [1.29, 1.82) is 0 Å². The van der Waals surface area contributed by atoms with Crippen molar-refractivity contribution in [2.24, 2.45) is 0 Å². The molecule has 0 aliphatic heterocycles. The fourth-order valence-electron chi connectivity index (χ4n) is 3.86. The van der Waals surface area contributed by atoms with Crippen molar-refractivity contribution in [3.8, 4) is 5.75 Å². The van der Waals surface area contributed by atoms with Crippen molar-refractivity contribution >= 4 is 45.4 Å². The van der Waals surface area contributed by atoms with Crippen molar-refractivity contribution in [1.82, 2.24) is 5.32 Å². The van der Waals surface area contributed by atoms with Gasteiger partial charge in [-0.3, -0.25) is 4.79 Å². The second-order valence-electron chi connectivity index (χ2n) is 8.67. The largest absolute Gasteiger partial charge is 0.507 e. The molecule has 0 saturated heterocycles. The first-order chi connectivity index (χ1) is 18.2.